The van der Waals surface area contributed by atoms with E-state index in [0.717, 1.165) is 75.0 Å². The number of fused-ring (bicyclic) bond motifs is 3. The Labute approximate surface area is 354 Å². The zero-order valence-electron chi connectivity index (χ0n) is 35.0. The van der Waals surface area contributed by atoms with Gasteiger partial charge < -0.3 is 24.6 Å². The SMILES string of the molecule is CCCC(CC=Cc1ccc2c(c1)OCCN2C)c1ccccc1NCCCCSSCCCCn1c(C=Cc2ccc3c(c2)OCCN3C)[n+](C)c2ccccc21. The van der Waals surface area contributed by atoms with Crippen LogP contribution < -0.4 is 29.2 Å². The average molecular weight is 817 g/mol. The van der Waals surface area contributed by atoms with Gasteiger partial charge in [0.15, 0.2) is 11.0 Å². The van der Waals surface area contributed by atoms with E-state index in [-0.39, 0.29) is 0 Å². The number of imidazole rings is 1. The van der Waals surface area contributed by atoms with E-state index in [1.54, 1.807) is 0 Å². The summed E-state index contributed by atoms with van der Waals surface area (Å²) >= 11 is 0. The third kappa shape index (κ3) is 10.6. The number of benzene rings is 4. The van der Waals surface area contributed by atoms with Crippen LogP contribution >= 0.6 is 21.6 Å². The minimum Gasteiger partial charge on any atom is -0.490 e. The van der Waals surface area contributed by atoms with Crippen molar-refractivity contribution in [1.82, 2.24) is 4.57 Å². The van der Waals surface area contributed by atoms with Crippen LogP contribution in [0, 0.1) is 0 Å². The molecule has 7 nitrogen and oxygen atoms in total. The quantitative estimate of drug-likeness (QED) is 0.0477. The second-order valence-electron chi connectivity index (χ2n) is 15.6. The number of rotatable bonds is 20. The van der Waals surface area contributed by atoms with Gasteiger partial charge in [-0.3, -0.25) is 0 Å². The largest absolute Gasteiger partial charge is 0.490 e. The third-order valence-corrected chi connectivity index (χ3v) is 14.0. The van der Waals surface area contributed by atoms with Gasteiger partial charge in [0, 0.05) is 43.9 Å². The first-order valence-electron chi connectivity index (χ1n) is 21.3. The molecule has 0 radical (unpaired) electrons. The smallest absolute Gasteiger partial charge is 0.282 e. The molecule has 1 atom stereocenters. The van der Waals surface area contributed by atoms with Crippen molar-refractivity contribution in [2.45, 2.75) is 64.3 Å². The molecular weight excluding hydrogens is 755 g/mol. The monoisotopic (exact) mass is 816 g/mol. The molecule has 5 aromatic rings. The number of aryl methyl sites for hydroxylation is 2. The van der Waals surface area contributed by atoms with Gasteiger partial charge in [-0.15, -0.1) is 0 Å². The Hall–Kier alpha value is -4.47. The summed E-state index contributed by atoms with van der Waals surface area (Å²) in [5, 5.41) is 3.81. The molecule has 0 amide bonds. The predicted octanol–water partition coefficient (Wildman–Crippen LogP) is 11.3. The van der Waals surface area contributed by atoms with Gasteiger partial charge in [0.1, 0.15) is 24.7 Å². The molecule has 58 heavy (non-hydrogen) atoms. The topological polar surface area (TPSA) is 45.8 Å². The lowest BCUT2D eigenvalue weighted by Crippen LogP contribution is -2.31. The molecule has 0 fully saturated rings. The van der Waals surface area contributed by atoms with Crippen molar-refractivity contribution in [3.05, 3.63) is 114 Å². The van der Waals surface area contributed by atoms with Crippen LogP contribution in [-0.4, -0.2) is 63.0 Å². The standard InChI is InChI=1S/C49H62N5O2S2/c1-5-15-40(17-14-16-38-22-25-45-47(36-38)55-32-30-51(45)2)41-18-6-7-19-42(41)50-28-10-12-34-57-58-35-13-11-29-54-44-21-9-8-20-43(44)53(4)49(54)27-24-39-23-26-46-48(37-39)56-33-31-52(46)3/h6-9,14,16,18-27,36-37,40,50H,5,10-13,15,17,28-35H2,1-4H3/q+1. The van der Waals surface area contributed by atoms with Crippen LogP contribution in [0.4, 0.5) is 17.1 Å². The maximum Gasteiger partial charge on any atom is 0.282 e. The Bertz CT molecular complexity index is 2160. The highest BCUT2D eigenvalue weighted by atomic mass is 33.1. The Morgan fingerprint density at radius 3 is 2.14 bits per heavy atom. The van der Waals surface area contributed by atoms with Crippen molar-refractivity contribution in [3.8, 4) is 11.5 Å². The zero-order valence-corrected chi connectivity index (χ0v) is 36.6. The molecule has 1 N–H and O–H groups in total. The van der Waals surface area contributed by atoms with Crippen molar-refractivity contribution >= 4 is 67.9 Å². The van der Waals surface area contributed by atoms with Crippen LogP contribution in [0.3, 0.4) is 0 Å². The summed E-state index contributed by atoms with van der Waals surface area (Å²) in [7, 11) is 10.5. The fourth-order valence-corrected chi connectivity index (χ4v) is 10.5. The summed E-state index contributed by atoms with van der Waals surface area (Å²) in [6.45, 7) is 7.66. The number of unbranched alkanes of at least 4 members (excludes halogenated alkanes) is 2. The lowest BCUT2D eigenvalue weighted by atomic mass is 9.89. The van der Waals surface area contributed by atoms with E-state index in [9.17, 15) is 0 Å². The molecule has 0 spiro atoms. The molecule has 0 bridgehead atoms. The molecule has 1 unspecified atom stereocenters. The van der Waals surface area contributed by atoms with Crippen molar-refractivity contribution in [2.24, 2.45) is 7.05 Å². The van der Waals surface area contributed by atoms with E-state index in [0.29, 0.717) is 5.92 Å². The molecule has 1 aromatic heterocycles. The molecule has 0 aliphatic carbocycles. The number of allylic oxidation sites excluding steroid dienone is 1. The molecule has 7 rings (SSSR count). The van der Waals surface area contributed by atoms with Crippen LogP contribution in [-0.2, 0) is 13.6 Å². The fourth-order valence-electron chi connectivity index (χ4n) is 8.16. The van der Waals surface area contributed by atoms with Crippen LogP contribution in [0.15, 0.2) is 91.0 Å². The summed E-state index contributed by atoms with van der Waals surface area (Å²) in [6, 6.07) is 30.8. The third-order valence-electron chi connectivity index (χ3n) is 11.4. The van der Waals surface area contributed by atoms with E-state index in [4.69, 9.17) is 9.47 Å². The maximum absolute atomic E-state index is 5.97. The second-order valence-corrected chi connectivity index (χ2v) is 18.3. The van der Waals surface area contributed by atoms with Gasteiger partial charge in [0.25, 0.3) is 5.82 Å². The van der Waals surface area contributed by atoms with Gasteiger partial charge >= 0.3 is 0 Å². The summed E-state index contributed by atoms with van der Waals surface area (Å²) in [5.74, 6) is 6.05. The van der Waals surface area contributed by atoms with Gasteiger partial charge in [0.05, 0.1) is 38.1 Å². The van der Waals surface area contributed by atoms with Crippen molar-refractivity contribution in [1.29, 1.82) is 0 Å². The van der Waals surface area contributed by atoms with Crippen LogP contribution in [0.2, 0.25) is 0 Å². The Morgan fingerprint density at radius 1 is 0.759 bits per heavy atom. The molecule has 0 saturated heterocycles. The molecule has 0 saturated carbocycles. The molecule has 2 aliphatic heterocycles. The van der Waals surface area contributed by atoms with Gasteiger partial charge in [-0.2, -0.15) is 0 Å². The fraction of sp³-hybridized carbons (Fsp3) is 0.408. The summed E-state index contributed by atoms with van der Waals surface area (Å²) in [5.41, 5.74) is 10.00. The Morgan fingerprint density at radius 2 is 1.41 bits per heavy atom. The number of anilines is 3. The number of nitrogens with one attached hydrogen (secondary N) is 1. The van der Waals surface area contributed by atoms with Gasteiger partial charge in [0.2, 0.25) is 0 Å². The lowest BCUT2D eigenvalue weighted by Gasteiger charge is -2.27. The maximum atomic E-state index is 5.97. The summed E-state index contributed by atoms with van der Waals surface area (Å²) < 4.78 is 16.7. The highest BCUT2D eigenvalue weighted by molar-refractivity contribution is 8.76. The van der Waals surface area contributed by atoms with E-state index in [1.165, 1.54) is 83.0 Å². The van der Waals surface area contributed by atoms with Crippen molar-refractivity contribution < 1.29 is 14.0 Å². The van der Waals surface area contributed by atoms with Gasteiger partial charge in [-0.05, 0) is 110 Å². The molecule has 9 heteroatoms. The molecule has 4 aromatic carbocycles. The van der Waals surface area contributed by atoms with Crippen LogP contribution in [0.25, 0.3) is 29.3 Å². The van der Waals surface area contributed by atoms with Crippen LogP contribution in [0.1, 0.15) is 80.3 Å². The minimum atomic E-state index is 0.497. The predicted molar refractivity (Wildman–Crippen MR) is 252 cm³/mol. The Kier molecular flexibility index (Phi) is 15.1. The first kappa shape index (κ1) is 41.7. The Balaban J connectivity index is 0.826. The van der Waals surface area contributed by atoms with Gasteiger partial charge in [-0.1, -0.05) is 89.5 Å². The molecule has 2 aliphatic rings. The highest BCUT2D eigenvalue weighted by Crippen LogP contribution is 2.35. The highest BCUT2D eigenvalue weighted by Gasteiger charge is 2.21. The molecule has 306 valence electrons. The number of likely N-dealkylation sites (N-methyl/N-ethyl adjacent to an activating group) is 2. The van der Waals surface area contributed by atoms with Crippen molar-refractivity contribution in [3.63, 3.8) is 0 Å². The summed E-state index contributed by atoms with van der Waals surface area (Å²) in [6.07, 6.45) is 17.2. The van der Waals surface area contributed by atoms with Gasteiger partial charge in [-0.25, -0.2) is 9.13 Å². The minimum absolute atomic E-state index is 0.497. The van der Waals surface area contributed by atoms with E-state index >= 15 is 0 Å². The normalized spacial score (nSPS) is 14.5. The van der Waals surface area contributed by atoms with E-state index in [2.05, 4.69) is 162 Å². The number of nitrogens with zero attached hydrogens (tertiary/aromatic N) is 4. The first-order valence-corrected chi connectivity index (χ1v) is 23.8. The number of para-hydroxylation sites is 3. The second kappa shape index (κ2) is 21.0. The number of ether oxygens (including phenoxy) is 2. The number of hydrogen-bond donors (Lipinski definition) is 1. The first-order chi connectivity index (χ1) is 28.5. The van der Waals surface area contributed by atoms with E-state index in [1.807, 2.05) is 21.6 Å². The molecular formula is C49H62N5O2S2+. The lowest BCUT2D eigenvalue weighted by molar-refractivity contribution is -0.647. The van der Waals surface area contributed by atoms with Crippen molar-refractivity contribution in [2.75, 3.05) is 73.6 Å². The zero-order chi connectivity index (χ0) is 40.1. The van der Waals surface area contributed by atoms with Crippen LogP contribution in [0.5, 0.6) is 11.5 Å². The summed E-state index contributed by atoms with van der Waals surface area (Å²) in [4.78, 5) is 4.53. The number of aromatic nitrogens is 2. The van der Waals surface area contributed by atoms with E-state index < -0.39 is 0 Å². The number of hydrogen-bond acceptors (Lipinski definition) is 7. The average Bonchev–Trinajstić information content (AvgIpc) is 3.51. The molecule has 3 heterocycles.